The molecule has 0 atom stereocenters. The van der Waals surface area contributed by atoms with E-state index in [0.717, 1.165) is 0 Å². The highest BCUT2D eigenvalue weighted by Crippen LogP contribution is 2.25. The molecule has 8 heteroatoms. The second-order valence-electron chi connectivity index (χ2n) is 7.09. The quantitative estimate of drug-likeness (QED) is 0.461. The van der Waals surface area contributed by atoms with Gasteiger partial charge >= 0.3 is 0 Å². The van der Waals surface area contributed by atoms with Gasteiger partial charge in [0.25, 0.3) is 11.5 Å². The van der Waals surface area contributed by atoms with Crippen molar-refractivity contribution in [2.75, 3.05) is 26.1 Å². The van der Waals surface area contributed by atoms with Crippen LogP contribution in [0.15, 0.2) is 71.5 Å². The highest BCUT2D eigenvalue weighted by atomic mass is 16.5. The normalized spacial score (nSPS) is 10.6. The molecule has 0 bridgehead atoms. The van der Waals surface area contributed by atoms with Gasteiger partial charge in [0.2, 0.25) is 0 Å². The van der Waals surface area contributed by atoms with Crippen LogP contribution in [0.5, 0.6) is 17.2 Å². The molecule has 168 valence electrons. The SMILES string of the molecule is CCOc1ccc(NC(=O)c2nn(-c3cc(OC)cc(OC)c3)c(=O)c3ccccc23)cc1. The third-order valence-electron chi connectivity index (χ3n) is 5.02. The van der Waals surface area contributed by atoms with Gasteiger partial charge in [0.05, 0.1) is 31.9 Å². The van der Waals surface area contributed by atoms with E-state index >= 15 is 0 Å². The van der Waals surface area contributed by atoms with E-state index in [9.17, 15) is 9.59 Å². The number of amides is 1. The molecule has 0 spiro atoms. The molecule has 0 aliphatic carbocycles. The molecule has 33 heavy (non-hydrogen) atoms. The van der Waals surface area contributed by atoms with Crippen molar-refractivity contribution in [2.24, 2.45) is 0 Å². The monoisotopic (exact) mass is 445 g/mol. The van der Waals surface area contributed by atoms with Gasteiger partial charge in [-0.15, -0.1) is 0 Å². The van der Waals surface area contributed by atoms with Gasteiger partial charge in [0.15, 0.2) is 5.69 Å². The first-order valence-corrected chi connectivity index (χ1v) is 10.3. The van der Waals surface area contributed by atoms with Crippen molar-refractivity contribution in [1.29, 1.82) is 0 Å². The molecule has 4 rings (SSSR count). The Kier molecular flexibility index (Phi) is 6.26. The van der Waals surface area contributed by atoms with E-state index in [0.29, 0.717) is 46.0 Å². The zero-order chi connectivity index (χ0) is 23.4. The lowest BCUT2D eigenvalue weighted by Gasteiger charge is -2.13. The Morgan fingerprint density at radius 1 is 0.909 bits per heavy atom. The molecule has 0 saturated carbocycles. The molecule has 0 radical (unpaired) electrons. The first-order chi connectivity index (χ1) is 16.0. The van der Waals surface area contributed by atoms with Gasteiger partial charge in [-0.3, -0.25) is 9.59 Å². The van der Waals surface area contributed by atoms with Gasteiger partial charge < -0.3 is 19.5 Å². The van der Waals surface area contributed by atoms with E-state index < -0.39 is 5.91 Å². The summed E-state index contributed by atoms with van der Waals surface area (Å²) >= 11 is 0. The summed E-state index contributed by atoms with van der Waals surface area (Å²) in [5.41, 5.74) is 0.742. The highest BCUT2D eigenvalue weighted by Gasteiger charge is 2.18. The van der Waals surface area contributed by atoms with Gasteiger partial charge in [0.1, 0.15) is 17.2 Å². The molecule has 1 heterocycles. The predicted molar refractivity (Wildman–Crippen MR) is 126 cm³/mol. The Morgan fingerprint density at radius 3 is 2.15 bits per heavy atom. The smallest absolute Gasteiger partial charge is 0.279 e. The Morgan fingerprint density at radius 2 is 1.55 bits per heavy atom. The van der Waals surface area contributed by atoms with Crippen LogP contribution in [0, 0.1) is 0 Å². The minimum Gasteiger partial charge on any atom is -0.497 e. The summed E-state index contributed by atoms with van der Waals surface area (Å²) in [5.74, 6) is 1.25. The zero-order valence-electron chi connectivity index (χ0n) is 18.5. The number of carbonyl (C=O) groups is 1. The van der Waals surface area contributed by atoms with E-state index in [1.165, 1.54) is 18.9 Å². The summed E-state index contributed by atoms with van der Waals surface area (Å²) in [6.45, 7) is 2.46. The Hall–Kier alpha value is -4.33. The lowest BCUT2D eigenvalue weighted by molar-refractivity contribution is 0.102. The molecule has 0 fully saturated rings. The number of hydrogen-bond donors (Lipinski definition) is 1. The Labute approximate surface area is 190 Å². The number of fused-ring (bicyclic) bond motifs is 1. The maximum atomic E-state index is 13.2. The standard InChI is InChI=1S/C25H23N3O5/c1-4-33-18-11-9-16(10-12-18)26-24(29)23-21-7-5-6-8-22(21)25(30)28(27-23)17-13-19(31-2)15-20(14-17)32-3/h5-15H,4H2,1-3H3,(H,26,29). The number of nitrogens with one attached hydrogen (secondary N) is 1. The summed E-state index contributed by atoms with van der Waals surface area (Å²) in [6, 6.07) is 18.9. The van der Waals surface area contributed by atoms with Gasteiger partial charge in [-0.05, 0) is 37.3 Å². The molecule has 1 N–H and O–H groups in total. The van der Waals surface area contributed by atoms with Gasteiger partial charge in [0, 0.05) is 29.3 Å². The first kappa shape index (κ1) is 21.9. The van der Waals surface area contributed by atoms with Crippen LogP contribution >= 0.6 is 0 Å². The third kappa shape index (κ3) is 4.50. The van der Waals surface area contributed by atoms with Crippen molar-refractivity contribution < 1.29 is 19.0 Å². The zero-order valence-corrected chi connectivity index (χ0v) is 18.5. The molecule has 4 aromatic rings. The number of anilines is 1. The van der Waals surface area contributed by atoms with Crippen molar-refractivity contribution in [3.8, 4) is 22.9 Å². The summed E-state index contributed by atoms with van der Waals surface area (Å²) in [6.07, 6.45) is 0. The Balaban J connectivity index is 1.81. The lowest BCUT2D eigenvalue weighted by atomic mass is 10.1. The molecule has 0 aliphatic heterocycles. The number of rotatable bonds is 7. The van der Waals surface area contributed by atoms with Crippen LogP contribution in [0.25, 0.3) is 16.5 Å². The number of hydrogen-bond acceptors (Lipinski definition) is 6. The summed E-state index contributed by atoms with van der Waals surface area (Å²) < 4.78 is 17.3. The topological polar surface area (TPSA) is 91.7 Å². The second-order valence-corrected chi connectivity index (χ2v) is 7.09. The third-order valence-corrected chi connectivity index (χ3v) is 5.02. The number of benzene rings is 3. The fourth-order valence-electron chi connectivity index (χ4n) is 3.44. The van der Waals surface area contributed by atoms with E-state index in [4.69, 9.17) is 14.2 Å². The summed E-state index contributed by atoms with van der Waals surface area (Å²) in [4.78, 5) is 26.4. The molecule has 3 aromatic carbocycles. The Bertz CT molecular complexity index is 1340. The van der Waals surface area contributed by atoms with Gasteiger partial charge in [-0.1, -0.05) is 18.2 Å². The summed E-state index contributed by atoms with van der Waals surface area (Å²) in [5, 5.41) is 8.08. The average molecular weight is 445 g/mol. The molecule has 8 nitrogen and oxygen atoms in total. The van der Waals surface area contributed by atoms with Crippen LogP contribution in [-0.4, -0.2) is 36.5 Å². The molecular formula is C25H23N3O5. The van der Waals surface area contributed by atoms with E-state index in [-0.39, 0.29) is 11.3 Å². The van der Waals surface area contributed by atoms with Crippen LogP contribution in [0.1, 0.15) is 17.4 Å². The molecule has 0 aliphatic rings. The molecule has 1 aromatic heterocycles. The van der Waals surface area contributed by atoms with E-state index in [2.05, 4.69) is 10.4 Å². The van der Waals surface area contributed by atoms with Gasteiger partial charge in [-0.25, -0.2) is 0 Å². The van der Waals surface area contributed by atoms with Crippen molar-refractivity contribution in [3.63, 3.8) is 0 Å². The van der Waals surface area contributed by atoms with Crippen LogP contribution in [-0.2, 0) is 0 Å². The van der Waals surface area contributed by atoms with Gasteiger partial charge in [-0.2, -0.15) is 9.78 Å². The van der Waals surface area contributed by atoms with Crippen LogP contribution in [0.3, 0.4) is 0 Å². The van der Waals surface area contributed by atoms with E-state index in [1.54, 1.807) is 66.7 Å². The number of ether oxygens (including phenoxy) is 3. The minimum atomic E-state index is -0.445. The number of aromatic nitrogens is 2. The molecule has 0 saturated heterocycles. The maximum Gasteiger partial charge on any atom is 0.279 e. The largest absolute Gasteiger partial charge is 0.497 e. The molecule has 0 unspecified atom stereocenters. The number of carbonyl (C=O) groups excluding carboxylic acids is 1. The highest BCUT2D eigenvalue weighted by molar-refractivity contribution is 6.11. The predicted octanol–water partition coefficient (Wildman–Crippen LogP) is 4.05. The fourth-order valence-corrected chi connectivity index (χ4v) is 3.44. The van der Waals surface area contributed by atoms with Crippen molar-refractivity contribution in [3.05, 3.63) is 82.8 Å². The van der Waals surface area contributed by atoms with Crippen molar-refractivity contribution in [1.82, 2.24) is 9.78 Å². The van der Waals surface area contributed by atoms with Crippen molar-refractivity contribution in [2.45, 2.75) is 6.92 Å². The first-order valence-electron chi connectivity index (χ1n) is 10.3. The average Bonchev–Trinajstić information content (AvgIpc) is 2.85. The van der Waals surface area contributed by atoms with Crippen LogP contribution in [0.2, 0.25) is 0 Å². The molecular weight excluding hydrogens is 422 g/mol. The number of methoxy groups -OCH3 is 2. The molecule has 1 amide bonds. The number of nitrogens with zero attached hydrogens (tertiary/aromatic N) is 2. The van der Waals surface area contributed by atoms with Crippen LogP contribution < -0.4 is 25.1 Å². The van der Waals surface area contributed by atoms with E-state index in [1.807, 2.05) is 6.92 Å². The minimum absolute atomic E-state index is 0.112. The van der Waals surface area contributed by atoms with Crippen molar-refractivity contribution >= 4 is 22.4 Å². The lowest BCUT2D eigenvalue weighted by Crippen LogP contribution is -2.26. The maximum absolute atomic E-state index is 13.2. The fraction of sp³-hybridized carbons (Fsp3) is 0.160. The van der Waals surface area contributed by atoms with Crippen LogP contribution in [0.4, 0.5) is 5.69 Å². The second kappa shape index (κ2) is 9.44. The summed E-state index contributed by atoms with van der Waals surface area (Å²) in [7, 11) is 3.04.